The molecule has 0 bridgehead atoms. The summed E-state index contributed by atoms with van der Waals surface area (Å²) < 4.78 is 52.8. The van der Waals surface area contributed by atoms with Gasteiger partial charge in [0.05, 0.1) is 0 Å². The van der Waals surface area contributed by atoms with Crippen LogP contribution in [0.15, 0.2) is 23.1 Å². The molecule has 0 saturated carbocycles. The smallest absolute Gasteiger partial charge is 0.246 e. The zero-order valence-electron chi connectivity index (χ0n) is 13.2. The van der Waals surface area contributed by atoms with Crippen LogP contribution in [-0.2, 0) is 19.6 Å². The van der Waals surface area contributed by atoms with E-state index in [1.54, 1.807) is 0 Å². The van der Waals surface area contributed by atoms with E-state index >= 15 is 0 Å². The number of carbonyl (C=O) groups excluding carboxylic acids is 2. The van der Waals surface area contributed by atoms with Gasteiger partial charge in [0.25, 0.3) is 0 Å². The predicted molar refractivity (Wildman–Crippen MR) is 82.9 cm³/mol. The van der Waals surface area contributed by atoms with Crippen LogP contribution >= 0.6 is 0 Å². The molecule has 0 aromatic heterocycles. The minimum atomic E-state index is -4.10. The Hall–Kier alpha value is -2.07. The molecule has 3 rings (SSSR count). The van der Waals surface area contributed by atoms with E-state index in [-0.39, 0.29) is 38.0 Å². The quantitative estimate of drug-likeness (QED) is 0.813. The van der Waals surface area contributed by atoms with E-state index in [1.807, 2.05) is 0 Å². The molecule has 10 heteroatoms. The van der Waals surface area contributed by atoms with Crippen molar-refractivity contribution in [3.05, 3.63) is 29.8 Å². The predicted octanol–water partition coefficient (Wildman–Crippen LogP) is 0.0763. The Balaban J connectivity index is 1.67. The lowest BCUT2D eigenvalue weighted by atomic mass is 10.2. The summed E-state index contributed by atoms with van der Waals surface area (Å²) in [6, 6.07) is 1.74. The van der Waals surface area contributed by atoms with E-state index < -0.39 is 32.6 Å². The Labute approximate surface area is 143 Å². The maximum atomic E-state index is 13.8. The fraction of sp³-hybridized carbons (Fsp3) is 0.467. The first-order valence-electron chi connectivity index (χ1n) is 7.82. The number of carbonyl (C=O) groups is 2. The van der Waals surface area contributed by atoms with E-state index in [4.69, 9.17) is 0 Å². The molecule has 1 atom stereocenters. The summed E-state index contributed by atoms with van der Waals surface area (Å²) in [6.45, 7) is 0.303. The lowest BCUT2D eigenvalue weighted by molar-refractivity contribution is -0.135. The molecule has 0 radical (unpaired) electrons. The molecule has 0 unspecified atom stereocenters. The molecule has 0 spiro atoms. The molecule has 136 valence electrons. The number of nitrogens with zero attached hydrogens (tertiary/aromatic N) is 2. The number of amides is 2. The fourth-order valence-corrected chi connectivity index (χ4v) is 4.46. The number of nitrogens with one attached hydrogen (secondary N) is 1. The Morgan fingerprint density at radius 1 is 1.16 bits per heavy atom. The molecule has 2 aliphatic rings. The second kappa shape index (κ2) is 6.68. The first-order chi connectivity index (χ1) is 11.8. The highest BCUT2D eigenvalue weighted by Crippen LogP contribution is 2.22. The highest BCUT2D eigenvalue weighted by atomic mass is 32.2. The maximum Gasteiger partial charge on any atom is 0.246 e. The van der Waals surface area contributed by atoms with Gasteiger partial charge in [-0.2, -0.15) is 4.31 Å². The first-order valence-corrected chi connectivity index (χ1v) is 9.26. The van der Waals surface area contributed by atoms with Gasteiger partial charge in [0.2, 0.25) is 21.8 Å². The Morgan fingerprint density at radius 2 is 1.84 bits per heavy atom. The molecule has 7 nitrogen and oxygen atoms in total. The van der Waals surface area contributed by atoms with Crippen LogP contribution in [0.2, 0.25) is 0 Å². The van der Waals surface area contributed by atoms with Crippen LogP contribution in [0.25, 0.3) is 0 Å². The van der Waals surface area contributed by atoms with Crippen molar-refractivity contribution in [2.24, 2.45) is 0 Å². The average molecular weight is 373 g/mol. The van der Waals surface area contributed by atoms with Gasteiger partial charge in [0, 0.05) is 38.7 Å². The van der Waals surface area contributed by atoms with Gasteiger partial charge in [-0.25, -0.2) is 17.2 Å². The summed E-state index contributed by atoms with van der Waals surface area (Å²) in [5.41, 5.74) is 0. The lowest BCUT2D eigenvalue weighted by Crippen LogP contribution is -2.54. The number of benzene rings is 1. The third kappa shape index (κ3) is 3.49. The normalized spacial score (nSPS) is 22.1. The first kappa shape index (κ1) is 17.7. The third-order valence-electron chi connectivity index (χ3n) is 4.36. The molecule has 1 aromatic carbocycles. The minimum Gasteiger partial charge on any atom is -0.344 e. The Bertz CT molecular complexity index is 807. The highest BCUT2D eigenvalue weighted by molar-refractivity contribution is 7.89. The van der Waals surface area contributed by atoms with Gasteiger partial charge in [0.15, 0.2) is 0 Å². The van der Waals surface area contributed by atoms with Crippen molar-refractivity contribution in [1.29, 1.82) is 0 Å². The summed E-state index contributed by atoms with van der Waals surface area (Å²) in [6.07, 6.45) is 0.728. The summed E-state index contributed by atoms with van der Waals surface area (Å²) in [7, 11) is -4.10. The van der Waals surface area contributed by atoms with Crippen LogP contribution in [0.1, 0.15) is 12.8 Å². The van der Waals surface area contributed by atoms with E-state index in [0.717, 1.165) is 16.4 Å². The van der Waals surface area contributed by atoms with E-state index in [0.29, 0.717) is 18.9 Å². The van der Waals surface area contributed by atoms with Crippen LogP contribution in [0.4, 0.5) is 8.78 Å². The van der Waals surface area contributed by atoms with Crippen molar-refractivity contribution in [2.45, 2.75) is 23.8 Å². The van der Waals surface area contributed by atoms with Crippen LogP contribution in [0.5, 0.6) is 0 Å². The van der Waals surface area contributed by atoms with Crippen molar-refractivity contribution >= 4 is 21.8 Å². The van der Waals surface area contributed by atoms with Gasteiger partial charge in [-0.15, -0.1) is 0 Å². The van der Waals surface area contributed by atoms with Crippen molar-refractivity contribution in [1.82, 2.24) is 14.5 Å². The number of halogens is 2. The van der Waals surface area contributed by atoms with Crippen LogP contribution in [0, 0.1) is 11.6 Å². The largest absolute Gasteiger partial charge is 0.344 e. The van der Waals surface area contributed by atoms with Gasteiger partial charge in [-0.1, -0.05) is 0 Å². The van der Waals surface area contributed by atoms with Crippen LogP contribution < -0.4 is 5.32 Å². The van der Waals surface area contributed by atoms with E-state index in [9.17, 15) is 26.8 Å². The summed E-state index contributed by atoms with van der Waals surface area (Å²) in [4.78, 5) is 24.4. The zero-order chi connectivity index (χ0) is 18.2. The molecule has 2 fully saturated rings. The number of piperazine rings is 1. The minimum absolute atomic E-state index is 0.00551. The lowest BCUT2D eigenvalue weighted by Gasteiger charge is -2.35. The zero-order valence-corrected chi connectivity index (χ0v) is 14.1. The van der Waals surface area contributed by atoms with Crippen molar-refractivity contribution in [3.8, 4) is 0 Å². The second-order valence-corrected chi connectivity index (χ2v) is 7.87. The monoisotopic (exact) mass is 373 g/mol. The molecule has 25 heavy (non-hydrogen) atoms. The Morgan fingerprint density at radius 3 is 2.40 bits per heavy atom. The number of hydrogen-bond acceptors (Lipinski definition) is 4. The molecule has 2 heterocycles. The molecular formula is C15H17F2N3O4S. The molecular weight excluding hydrogens is 356 g/mol. The number of hydrogen-bond donors (Lipinski definition) is 1. The van der Waals surface area contributed by atoms with E-state index in [1.165, 1.54) is 4.90 Å². The summed E-state index contributed by atoms with van der Waals surface area (Å²) in [5.74, 6) is -2.42. The average Bonchev–Trinajstić information content (AvgIpc) is 3.00. The summed E-state index contributed by atoms with van der Waals surface area (Å²) in [5, 5.41) is 2.58. The highest BCUT2D eigenvalue weighted by Gasteiger charge is 2.35. The summed E-state index contributed by atoms with van der Waals surface area (Å²) >= 11 is 0. The van der Waals surface area contributed by atoms with Crippen LogP contribution in [-0.4, -0.2) is 61.7 Å². The van der Waals surface area contributed by atoms with Gasteiger partial charge in [-0.05, 0) is 18.6 Å². The van der Waals surface area contributed by atoms with Gasteiger partial charge in [-0.3, -0.25) is 9.59 Å². The van der Waals surface area contributed by atoms with Crippen LogP contribution in [0.3, 0.4) is 0 Å². The van der Waals surface area contributed by atoms with Gasteiger partial charge < -0.3 is 10.2 Å². The van der Waals surface area contributed by atoms with Gasteiger partial charge in [0.1, 0.15) is 22.6 Å². The molecule has 2 amide bonds. The number of rotatable bonds is 3. The molecule has 2 saturated heterocycles. The van der Waals surface area contributed by atoms with E-state index in [2.05, 4.69) is 5.32 Å². The van der Waals surface area contributed by atoms with Crippen molar-refractivity contribution in [2.75, 3.05) is 26.2 Å². The third-order valence-corrected chi connectivity index (χ3v) is 6.29. The number of sulfonamides is 1. The molecule has 1 aromatic rings. The molecule has 0 aliphatic carbocycles. The molecule has 2 aliphatic heterocycles. The standard InChI is InChI=1S/C15H17F2N3O4S/c16-10-1-3-13(11(17)9-10)25(23,24)20-7-5-19(6-8-20)15(22)12-2-4-14(21)18-12/h1,3,9,12H,2,4-8H2,(H,18,21)/t12-/m1/s1. The van der Waals surface area contributed by atoms with Crippen molar-refractivity contribution < 1.29 is 26.8 Å². The van der Waals surface area contributed by atoms with Gasteiger partial charge >= 0.3 is 0 Å². The second-order valence-electron chi connectivity index (χ2n) is 5.96. The van der Waals surface area contributed by atoms with Crippen molar-refractivity contribution in [3.63, 3.8) is 0 Å². The topological polar surface area (TPSA) is 86.8 Å². The molecule has 1 N–H and O–H groups in total. The SMILES string of the molecule is O=C1CC[C@H](C(=O)N2CCN(S(=O)(=O)c3ccc(F)cc3F)CC2)N1. The Kier molecular flexibility index (Phi) is 4.74. The fourth-order valence-electron chi connectivity index (χ4n) is 2.99. The maximum absolute atomic E-state index is 13.8.